The number of aryl methyl sites for hydroxylation is 1. The SMILES string of the molecule is Cc1cc(-c2nn(-c3ccccc3)cc2/C=C2/SC(N3CCCCC3)=NC2=O)ccc1OC(C)C. The minimum Gasteiger partial charge on any atom is -0.491 e. The molecule has 0 spiro atoms. The molecule has 6 nitrogen and oxygen atoms in total. The fourth-order valence-electron chi connectivity index (χ4n) is 4.37. The van der Waals surface area contributed by atoms with Crippen LogP contribution in [0.15, 0.2) is 64.6 Å². The first-order chi connectivity index (χ1) is 17.0. The molecule has 2 aliphatic heterocycles. The quantitative estimate of drug-likeness (QED) is 0.408. The highest BCUT2D eigenvalue weighted by molar-refractivity contribution is 8.18. The molecule has 2 aromatic carbocycles. The molecule has 1 aromatic heterocycles. The predicted molar refractivity (Wildman–Crippen MR) is 143 cm³/mol. The Morgan fingerprint density at radius 2 is 1.83 bits per heavy atom. The standard InChI is InChI=1S/C28H30N4O2S/c1-19(2)34-24-13-12-21(16-20(24)3)26-22(18-32(30-26)23-10-6-4-7-11-23)17-25-27(33)29-28(35-25)31-14-8-5-9-15-31/h4,6-7,10-13,16-19H,5,8-9,14-15H2,1-3H3/b25-17+. The summed E-state index contributed by atoms with van der Waals surface area (Å²) in [6.07, 6.45) is 7.57. The van der Waals surface area contributed by atoms with E-state index in [9.17, 15) is 4.79 Å². The summed E-state index contributed by atoms with van der Waals surface area (Å²) < 4.78 is 7.79. The molecule has 180 valence electrons. The van der Waals surface area contributed by atoms with E-state index >= 15 is 0 Å². The summed E-state index contributed by atoms with van der Waals surface area (Å²) in [5, 5.41) is 5.74. The van der Waals surface area contributed by atoms with Crippen LogP contribution in [-0.4, -0.2) is 44.9 Å². The highest BCUT2D eigenvalue weighted by Crippen LogP contribution is 2.35. The zero-order valence-electron chi connectivity index (χ0n) is 20.4. The Kier molecular flexibility index (Phi) is 6.77. The molecule has 1 amide bonds. The van der Waals surface area contributed by atoms with Gasteiger partial charge in [0.25, 0.3) is 5.91 Å². The van der Waals surface area contributed by atoms with Crippen LogP contribution in [0.1, 0.15) is 44.2 Å². The lowest BCUT2D eigenvalue weighted by molar-refractivity contribution is -0.113. The Bertz CT molecular complexity index is 1290. The molecule has 3 heterocycles. The van der Waals surface area contributed by atoms with Crippen LogP contribution in [0.3, 0.4) is 0 Å². The second-order valence-electron chi connectivity index (χ2n) is 9.22. The molecular weight excluding hydrogens is 456 g/mol. The van der Waals surface area contributed by atoms with Gasteiger partial charge in [0.2, 0.25) is 0 Å². The second-order valence-corrected chi connectivity index (χ2v) is 10.2. The van der Waals surface area contributed by atoms with Crippen LogP contribution in [0.4, 0.5) is 0 Å². The van der Waals surface area contributed by atoms with Gasteiger partial charge in [0, 0.05) is 30.4 Å². The fourth-order valence-corrected chi connectivity index (χ4v) is 5.33. The molecule has 0 saturated carbocycles. The van der Waals surface area contributed by atoms with Gasteiger partial charge in [0.1, 0.15) is 11.4 Å². The summed E-state index contributed by atoms with van der Waals surface area (Å²) in [6, 6.07) is 16.1. The number of aromatic nitrogens is 2. The number of piperidine rings is 1. The van der Waals surface area contributed by atoms with Gasteiger partial charge in [0.15, 0.2) is 5.17 Å². The number of para-hydroxylation sites is 1. The molecule has 0 radical (unpaired) electrons. The third-order valence-electron chi connectivity index (χ3n) is 6.10. The predicted octanol–water partition coefficient (Wildman–Crippen LogP) is 6.09. The maximum Gasteiger partial charge on any atom is 0.286 e. The normalized spacial score (nSPS) is 17.4. The maximum atomic E-state index is 12.8. The van der Waals surface area contributed by atoms with Crippen molar-refractivity contribution in [3.63, 3.8) is 0 Å². The van der Waals surface area contributed by atoms with Gasteiger partial charge >= 0.3 is 0 Å². The summed E-state index contributed by atoms with van der Waals surface area (Å²) in [5.41, 5.74) is 4.70. The number of aliphatic imine (C=N–C) groups is 1. The summed E-state index contributed by atoms with van der Waals surface area (Å²) in [6.45, 7) is 8.02. The molecule has 7 heteroatoms. The van der Waals surface area contributed by atoms with E-state index in [1.807, 2.05) is 80.2 Å². The van der Waals surface area contributed by atoms with Gasteiger partial charge in [0.05, 0.1) is 16.7 Å². The van der Waals surface area contributed by atoms with E-state index < -0.39 is 0 Å². The van der Waals surface area contributed by atoms with Crippen molar-refractivity contribution in [2.45, 2.75) is 46.1 Å². The number of benzene rings is 2. The molecule has 3 aromatic rings. The molecular formula is C28H30N4O2S. The molecule has 0 atom stereocenters. The van der Waals surface area contributed by atoms with E-state index in [1.165, 1.54) is 18.2 Å². The van der Waals surface area contributed by atoms with Gasteiger partial charge in [-0.3, -0.25) is 4.79 Å². The lowest BCUT2D eigenvalue weighted by Gasteiger charge is -2.27. The zero-order valence-corrected chi connectivity index (χ0v) is 21.2. The van der Waals surface area contributed by atoms with Gasteiger partial charge in [-0.25, -0.2) is 4.68 Å². The van der Waals surface area contributed by atoms with Crippen LogP contribution >= 0.6 is 11.8 Å². The molecule has 0 aliphatic carbocycles. The van der Waals surface area contributed by atoms with Crippen molar-refractivity contribution in [1.29, 1.82) is 0 Å². The second kappa shape index (κ2) is 10.1. The van der Waals surface area contributed by atoms with E-state index in [2.05, 4.69) is 16.0 Å². The number of amides is 1. The highest BCUT2D eigenvalue weighted by atomic mass is 32.2. The van der Waals surface area contributed by atoms with Crippen LogP contribution in [0, 0.1) is 6.92 Å². The van der Waals surface area contributed by atoms with Gasteiger partial charge in [-0.15, -0.1) is 0 Å². The van der Waals surface area contributed by atoms with Gasteiger partial charge in [-0.1, -0.05) is 18.2 Å². The zero-order chi connectivity index (χ0) is 24.4. The van der Waals surface area contributed by atoms with Crippen molar-refractivity contribution in [2.24, 2.45) is 4.99 Å². The van der Waals surface area contributed by atoms with E-state index in [0.29, 0.717) is 4.91 Å². The summed E-state index contributed by atoms with van der Waals surface area (Å²) in [4.78, 5) is 20.0. The van der Waals surface area contributed by atoms with Crippen LogP contribution in [0.5, 0.6) is 5.75 Å². The topological polar surface area (TPSA) is 59.7 Å². The van der Waals surface area contributed by atoms with Crippen molar-refractivity contribution < 1.29 is 9.53 Å². The van der Waals surface area contributed by atoms with Crippen LogP contribution in [0.25, 0.3) is 23.0 Å². The van der Waals surface area contributed by atoms with Gasteiger partial charge in [-0.2, -0.15) is 10.1 Å². The summed E-state index contributed by atoms with van der Waals surface area (Å²) >= 11 is 1.47. The van der Waals surface area contributed by atoms with Crippen molar-refractivity contribution >= 4 is 28.9 Å². The number of carbonyl (C=O) groups excluding carboxylic acids is 1. The van der Waals surface area contributed by atoms with Crippen molar-refractivity contribution in [3.8, 4) is 22.7 Å². The maximum absolute atomic E-state index is 12.8. The number of hydrogen-bond donors (Lipinski definition) is 0. The van der Waals surface area contributed by atoms with E-state index in [-0.39, 0.29) is 12.0 Å². The molecule has 2 aliphatic rings. The lowest BCUT2D eigenvalue weighted by atomic mass is 10.0. The first-order valence-electron chi connectivity index (χ1n) is 12.2. The minimum atomic E-state index is -0.175. The molecule has 5 rings (SSSR count). The number of hydrogen-bond acceptors (Lipinski definition) is 5. The Labute approximate surface area is 210 Å². The van der Waals surface area contributed by atoms with E-state index in [4.69, 9.17) is 9.84 Å². The van der Waals surface area contributed by atoms with Gasteiger partial charge < -0.3 is 9.64 Å². The molecule has 35 heavy (non-hydrogen) atoms. The van der Waals surface area contributed by atoms with Gasteiger partial charge in [-0.05, 0) is 93.8 Å². The number of rotatable bonds is 5. The summed E-state index contributed by atoms with van der Waals surface area (Å²) in [7, 11) is 0. The first kappa shape index (κ1) is 23.4. The van der Waals surface area contributed by atoms with E-state index in [1.54, 1.807) is 0 Å². The number of ether oxygens (including phenoxy) is 1. The van der Waals surface area contributed by atoms with Crippen molar-refractivity contribution in [2.75, 3.05) is 13.1 Å². The number of likely N-dealkylation sites (tertiary alicyclic amines) is 1. The molecule has 0 unspecified atom stereocenters. The highest BCUT2D eigenvalue weighted by Gasteiger charge is 2.27. The van der Waals surface area contributed by atoms with Crippen LogP contribution in [0.2, 0.25) is 0 Å². The smallest absolute Gasteiger partial charge is 0.286 e. The van der Waals surface area contributed by atoms with Crippen LogP contribution in [-0.2, 0) is 4.79 Å². The average Bonchev–Trinajstić information content (AvgIpc) is 3.45. The Morgan fingerprint density at radius 3 is 2.54 bits per heavy atom. The number of nitrogens with zero attached hydrogens (tertiary/aromatic N) is 4. The third-order valence-corrected chi connectivity index (χ3v) is 7.14. The molecule has 0 N–H and O–H groups in total. The minimum absolute atomic E-state index is 0.108. The molecule has 1 saturated heterocycles. The molecule has 1 fully saturated rings. The Morgan fingerprint density at radius 1 is 1.06 bits per heavy atom. The van der Waals surface area contributed by atoms with E-state index in [0.717, 1.165) is 64.9 Å². The Hall–Kier alpha value is -3.32. The number of thioether (sulfide) groups is 1. The number of amidine groups is 1. The number of carbonyl (C=O) groups is 1. The lowest BCUT2D eigenvalue weighted by Crippen LogP contribution is -2.33. The first-order valence-corrected chi connectivity index (χ1v) is 13.0. The van der Waals surface area contributed by atoms with Crippen molar-refractivity contribution in [3.05, 3.63) is 70.8 Å². The fraction of sp³-hybridized carbons (Fsp3) is 0.321. The summed E-state index contributed by atoms with van der Waals surface area (Å²) in [5.74, 6) is 0.693. The van der Waals surface area contributed by atoms with Crippen molar-refractivity contribution in [1.82, 2.24) is 14.7 Å². The largest absolute Gasteiger partial charge is 0.491 e. The Balaban J connectivity index is 1.51. The average molecular weight is 487 g/mol. The third kappa shape index (κ3) is 5.20. The molecule has 0 bridgehead atoms. The van der Waals surface area contributed by atoms with Crippen LogP contribution < -0.4 is 4.74 Å². The monoisotopic (exact) mass is 486 g/mol.